The van der Waals surface area contributed by atoms with Gasteiger partial charge in [0.2, 0.25) is 0 Å². The van der Waals surface area contributed by atoms with Crippen LogP contribution in [0.15, 0.2) is 12.3 Å². The highest BCUT2D eigenvalue weighted by Crippen LogP contribution is 2.17. The molecule has 0 spiro atoms. The van der Waals surface area contributed by atoms with E-state index >= 15 is 0 Å². The Bertz CT molecular complexity index is 470. The molecule has 0 saturated heterocycles. The van der Waals surface area contributed by atoms with Crippen molar-refractivity contribution in [3.63, 3.8) is 0 Å². The number of hydrogen-bond acceptors (Lipinski definition) is 5. The zero-order valence-corrected chi connectivity index (χ0v) is 8.38. The van der Waals surface area contributed by atoms with E-state index in [1.54, 1.807) is 12.3 Å². The van der Waals surface area contributed by atoms with Crippen LogP contribution in [0.5, 0.6) is 0 Å². The summed E-state index contributed by atoms with van der Waals surface area (Å²) < 4.78 is 0. The van der Waals surface area contributed by atoms with Crippen molar-refractivity contribution < 1.29 is 0 Å². The van der Waals surface area contributed by atoms with Crippen LogP contribution in [0, 0.1) is 6.92 Å². The molecule has 0 unspecified atom stereocenters. The number of nitrogens with two attached hydrogens (primary N) is 2. The molecule has 2 aromatic rings. The number of fused-ring (bicyclic) bond motifs is 1. The van der Waals surface area contributed by atoms with Crippen molar-refractivity contribution in [2.24, 2.45) is 0 Å². The van der Waals surface area contributed by atoms with Crippen LogP contribution in [0.1, 0.15) is 5.69 Å². The van der Waals surface area contributed by atoms with E-state index in [9.17, 15) is 0 Å². The van der Waals surface area contributed by atoms with Gasteiger partial charge in [-0.2, -0.15) is 0 Å². The van der Waals surface area contributed by atoms with Gasteiger partial charge in [0, 0.05) is 6.07 Å². The molecule has 5 nitrogen and oxygen atoms in total. The first-order chi connectivity index (χ1) is 6.16. The third-order valence-electron chi connectivity index (χ3n) is 1.69. The molecule has 0 aliphatic carbocycles. The van der Waals surface area contributed by atoms with Crippen molar-refractivity contribution >= 4 is 35.1 Å². The van der Waals surface area contributed by atoms with Crippen LogP contribution >= 0.6 is 12.4 Å². The number of hydrogen-bond donors (Lipinski definition) is 2. The SMILES string of the molecule is Cc1cnc2nc(N)cc(N)c2n1.Cl. The predicted molar refractivity (Wildman–Crippen MR) is 58.1 cm³/mol. The molecule has 0 fully saturated rings. The van der Waals surface area contributed by atoms with Crippen LogP contribution in [0.3, 0.4) is 0 Å². The number of nitrogens with zero attached hydrogens (tertiary/aromatic N) is 3. The second-order valence-electron chi connectivity index (χ2n) is 2.82. The van der Waals surface area contributed by atoms with Gasteiger partial charge < -0.3 is 11.5 Å². The molecule has 0 aromatic carbocycles. The van der Waals surface area contributed by atoms with Crippen LogP contribution in [0.25, 0.3) is 11.2 Å². The molecule has 0 saturated carbocycles. The van der Waals surface area contributed by atoms with E-state index in [1.165, 1.54) is 0 Å². The fraction of sp³-hybridized carbons (Fsp3) is 0.125. The summed E-state index contributed by atoms with van der Waals surface area (Å²) in [6.45, 7) is 1.85. The van der Waals surface area contributed by atoms with Gasteiger partial charge in [-0.05, 0) is 6.92 Å². The Labute approximate surface area is 87.0 Å². The summed E-state index contributed by atoms with van der Waals surface area (Å²) in [5.74, 6) is 0.364. The second kappa shape index (κ2) is 3.63. The molecular formula is C8H10ClN5. The third kappa shape index (κ3) is 1.67. The van der Waals surface area contributed by atoms with Gasteiger partial charge in [0.05, 0.1) is 17.6 Å². The summed E-state index contributed by atoms with van der Waals surface area (Å²) in [6.07, 6.45) is 1.63. The van der Waals surface area contributed by atoms with E-state index in [0.717, 1.165) is 5.69 Å². The third-order valence-corrected chi connectivity index (χ3v) is 1.69. The molecule has 0 atom stereocenters. The number of rotatable bonds is 0. The maximum atomic E-state index is 5.70. The standard InChI is InChI=1S/C8H9N5.ClH/c1-4-3-11-8-7(12-4)5(9)2-6(10)13-8;/h2-3H,1H3,(H4,9,10,11,13);1H. The molecule has 14 heavy (non-hydrogen) atoms. The van der Waals surface area contributed by atoms with Crippen LogP contribution in [-0.2, 0) is 0 Å². The van der Waals surface area contributed by atoms with Crippen LogP contribution < -0.4 is 11.5 Å². The first kappa shape index (κ1) is 10.5. The topological polar surface area (TPSA) is 90.7 Å². The van der Waals surface area contributed by atoms with Crippen LogP contribution in [-0.4, -0.2) is 15.0 Å². The van der Waals surface area contributed by atoms with E-state index in [4.69, 9.17) is 11.5 Å². The fourth-order valence-electron chi connectivity index (χ4n) is 1.13. The minimum absolute atomic E-state index is 0. The molecule has 6 heteroatoms. The van der Waals surface area contributed by atoms with Crippen molar-refractivity contribution in [3.05, 3.63) is 18.0 Å². The van der Waals surface area contributed by atoms with E-state index < -0.39 is 0 Å². The molecule has 2 rings (SSSR count). The quantitative estimate of drug-likeness (QED) is 0.676. The molecule has 0 aliphatic rings. The molecule has 0 bridgehead atoms. The second-order valence-corrected chi connectivity index (χ2v) is 2.82. The summed E-state index contributed by atoms with van der Waals surface area (Å²) in [5, 5.41) is 0. The average molecular weight is 212 g/mol. The van der Waals surface area contributed by atoms with Gasteiger partial charge in [-0.15, -0.1) is 12.4 Å². The van der Waals surface area contributed by atoms with Crippen molar-refractivity contribution in [3.8, 4) is 0 Å². The summed E-state index contributed by atoms with van der Waals surface area (Å²) >= 11 is 0. The van der Waals surface area contributed by atoms with Gasteiger partial charge in [-0.3, -0.25) is 0 Å². The van der Waals surface area contributed by atoms with E-state index in [-0.39, 0.29) is 12.4 Å². The van der Waals surface area contributed by atoms with Gasteiger partial charge in [0.15, 0.2) is 5.65 Å². The lowest BCUT2D eigenvalue weighted by atomic mass is 10.3. The Morgan fingerprint density at radius 1 is 1.21 bits per heavy atom. The van der Waals surface area contributed by atoms with E-state index in [2.05, 4.69) is 15.0 Å². The summed E-state index contributed by atoms with van der Waals surface area (Å²) in [7, 11) is 0. The van der Waals surface area contributed by atoms with Gasteiger partial charge in [0.1, 0.15) is 11.3 Å². The number of nitrogen functional groups attached to an aromatic ring is 2. The minimum atomic E-state index is 0. The molecule has 2 aromatic heterocycles. The van der Waals surface area contributed by atoms with Crippen molar-refractivity contribution in [2.45, 2.75) is 6.92 Å². The molecule has 74 valence electrons. The Morgan fingerprint density at radius 2 is 1.93 bits per heavy atom. The number of aromatic nitrogens is 3. The van der Waals surface area contributed by atoms with Crippen molar-refractivity contribution in [1.82, 2.24) is 15.0 Å². The lowest BCUT2D eigenvalue weighted by Gasteiger charge is -2.01. The summed E-state index contributed by atoms with van der Waals surface area (Å²) in [6, 6.07) is 1.58. The highest BCUT2D eigenvalue weighted by Gasteiger charge is 2.03. The maximum Gasteiger partial charge on any atom is 0.182 e. The zero-order chi connectivity index (χ0) is 9.42. The zero-order valence-electron chi connectivity index (χ0n) is 7.56. The van der Waals surface area contributed by atoms with Gasteiger partial charge >= 0.3 is 0 Å². The first-order valence-electron chi connectivity index (χ1n) is 3.82. The van der Waals surface area contributed by atoms with E-state index in [0.29, 0.717) is 22.7 Å². The van der Waals surface area contributed by atoms with Crippen molar-refractivity contribution in [2.75, 3.05) is 11.5 Å². The molecule has 0 amide bonds. The minimum Gasteiger partial charge on any atom is -0.397 e. The average Bonchev–Trinajstić information content (AvgIpc) is 2.06. The lowest BCUT2D eigenvalue weighted by Crippen LogP contribution is -1.99. The lowest BCUT2D eigenvalue weighted by molar-refractivity contribution is 1.16. The number of pyridine rings is 1. The molecule has 4 N–H and O–H groups in total. The van der Waals surface area contributed by atoms with Crippen LogP contribution in [0.2, 0.25) is 0 Å². The molecule has 0 aliphatic heterocycles. The fourth-order valence-corrected chi connectivity index (χ4v) is 1.13. The predicted octanol–water partition coefficient (Wildman–Crippen LogP) is 0.919. The Balaban J connectivity index is 0.000000980. The highest BCUT2D eigenvalue weighted by atomic mass is 35.5. The Morgan fingerprint density at radius 3 is 2.64 bits per heavy atom. The molecule has 0 radical (unpaired) electrons. The monoisotopic (exact) mass is 211 g/mol. The summed E-state index contributed by atoms with van der Waals surface area (Å²) in [4.78, 5) is 12.3. The maximum absolute atomic E-state index is 5.70. The number of aryl methyl sites for hydroxylation is 1. The molecule has 2 heterocycles. The van der Waals surface area contributed by atoms with Gasteiger partial charge in [-0.1, -0.05) is 0 Å². The normalized spacial score (nSPS) is 9.79. The Kier molecular flexibility index (Phi) is 2.71. The summed E-state index contributed by atoms with van der Waals surface area (Å²) in [5.41, 5.74) is 13.6. The highest BCUT2D eigenvalue weighted by molar-refractivity contribution is 5.85. The Hall–Kier alpha value is -1.62. The van der Waals surface area contributed by atoms with Gasteiger partial charge in [0.25, 0.3) is 0 Å². The first-order valence-corrected chi connectivity index (χ1v) is 3.82. The number of anilines is 2. The molecular weight excluding hydrogens is 202 g/mol. The largest absolute Gasteiger partial charge is 0.397 e. The number of halogens is 1. The van der Waals surface area contributed by atoms with E-state index in [1.807, 2.05) is 6.92 Å². The van der Waals surface area contributed by atoms with Crippen LogP contribution in [0.4, 0.5) is 11.5 Å². The van der Waals surface area contributed by atoms with Gasteiger partial charge in [-0.25, -0.2) is 15.0 Å². The smallest absolute Gasteiger partial charge is 0.182 e. The van der Waals surface area contributed by atoms with Crippen molar-refractivity contribution in [1.29, 1.82) is 0 Å².